The first-order valence-electron chi connectivity index (χ1n) is 14.2. The van der Waals surface area contributed by atoms with Crippen LogP contribution in [0.3, 0.4) is 0 Å². The number of nitrogens with zero attached hydrogens (tertiary/aromatic N) is 2. The maximum atomic E-state index is 13.6. The third kappa shape index (κ3) is 9.11. The number of hydrogen-bond donors (Lipinski definition) is 1. The minimum atomic E-state index is -1.54. The Morgan fingerprint density at radius 2 is 1.86 bits per heavy atom. The number of amides is 1. The van der Waals surface area contributed by atoms with Gasteiger partial charge in [0, 0.05) is 25.5 Å². The second kappa shape index (κ2) is 17.1. The summed E-state index contributed by atoms with van der Waals surface area (Å²) in [5.74, 6) is 2.01. The number of cyclic esters (lactones) is 2. The van der Waals surface area contributed by atoms with Crippen LogP contribution in [0.5, 0.6) is 11.5 Å². The molecule has 44 heavy (non-hydrogen) atoms. The minimum absolute atomic E-state index is 0.0781. The molecule has 14 nitrogen and oxygen atoms in total. The smallest absolute Gasteiger partial charge is 0.334 e. The molecule has 1 aromatic carbocycles. The van der Waals surface area contributed by atoms with Gasteiger partial charge in [0.2, 0.25) is 6.79 Å². The zero-order chi connectivity index (χ0) is 32.1. The molecule has 1 saturated heterocycles. The number of hydrogen-bond acceptors (Lipinski definition) is 13. The van der Waals surface area contributed by atoms with Crippen LogP contribution in [0.25, 0.3) is 0 Å². The first kappa shape index (κ1) is 34.2. The third-order valence-corrected chi connectivity index (χ3v) is 6.64. The van der Waals surface area contributed by atoms with E-state index < -0.39 is 61.4 Å². The number of carbonyl (C=O) groups excluding carboxylic acids is 4. The van der Waals surface area contributed by atoms with Gasteiger partial charge in [0.1, 0.15) is 25.4 Å². The maximum Gasteiger partial charge on any atom is 0.334 e. The topological polar surface area (TPSA) is 175 Å². The molecule has 0 aliphatic carbocycles. The van der Waals surface area contributed by atoms with Gasteiger partial charge in [-0.1, -0.05) is 37.3 Å². The van der Waals surface area contributed by atoms with E-state index in [9.17, 15) is 19.2 Å². The Labute approximate surface area is 255 Å². The number of rotatable bonds is 14. The van der Waals surface area contributed by atoms with Gasteiger partial charge in [0.15, 0.2) is 23.2 Å². The van der Waals surface area contributed by atoms with E-state index in [1.165, 1.54) is 19.4 Å². The maximum absolute atomic E-state index is 13.6. The fraction of sp³-hybridized carbons (Fsp3) is 0.500. The van der Waals surface area contributed by atoms with Crippen LogP contribution < -0.4 is 15.3 Å². The van der Waals surface area contributed by atoms with Crippen molar-refractivity contribution in [2.45, 2.75) is 51.9 Å². The number of benzene rings is 1. The van der Waals surface area contributed by atoms with Gasteiger partial charge in [0.25, 0.3) is 5.91 Å². The van der Waals surface area contributed by atoms with Gasteiger partial charge in [0.05, 0.1) is 13.0 Å². The summed E-state index contributed by atoms with van der Waals surface area (Å²) in [6.07, 6.45) is 0.496. The molecule has 2 N–H and O–H groups in total. The van der Waals surface area contributed by atoms with Crippen molar-refractivity contribution < 1.29 is 52.3 Å². The lowest BCUT2D eigenvalue weighted by Crippen LogP contribution is -2.53. The first-order valence-corrected chi connectivity index (χ1v) is 14.2. The molecule has 2 aromatic rings. The lowest BCUT2D eigenvalue weighted by atomic mass is 9.91. The molecule has 3 rings (SSSR count). The minimum Gasteiger partial charge on any atom is -0.493 e. The normalized spacial score (nSPS) is 20.3. The molecule has 1 aliphatic rings. The van der Waals surface area contributed by atoms with Crippen molar-refractivity contribution in [2.24, 2.45) is 11.8 Å². The van der Waals surface area contributed by atoms with Crippen LogP contribution >= 0.6 is 0 Å². The van der Waals surface area contributed by atoms with Crippen molar-refractivity contribution >= 4 is 23.8 Å². The van der Waals surface area contributed by atoms with Crippen LogP contribution in [-0.4, -0.2) is 92.4 Å². The fourth-order valence-electron chi connectivity index (χ4n) is 4.42. The monoisotopic (exact) mass is 617 g/mol. The number of hydrazine groups is 1. The number of ether oxygens (including phenoxy) is 7. The Morgan fingerprint density at radius 1 is 1.11 bits per heavy atom. The largest absolute Gasteiger partial charge is 0.493 e. The molecule has 2 heterocycles. The highest BCUT2D eigenvalue weighted by molar-refractivity contribution is 5.98. The number of aromatic nitrogens is 1. The Kier molecular flexibility index (Phi) is 13.3. The molecule has 0 unspecified atom stereocenters. The van der Waals surface area contributed by atoms with Crippen molar-refractivity contribution in [1.82, 2.24) is 9.99 Å². The highest BCUT2D eigenvalue weighted by Crippen LogP contribution is 2.31. The van der Waals surface area contributed by atoms with E-state index in [1.807, 2.05) is 37.3 Å². The highest BCUT2D eigenvalue weighted by Gasteiger charge is 2.42. The number of esters is 3. The van der Waals surface area contributed by atoms with E-state index in [2.05, 4.69) is 4.98 Å². The predicted molar refractivity (Wildman–Crippen MR) is 153 cm³/mol. The van der Waals surface area contributed by atoms with E-state index in [1.54, 1.807) is 13.8 Å². The predicted octanol–water partition coefficient (Wildman–Crippen LogP) is 1.83. The highest BCUT2D eigenvalue weighted by atomic mass is 16.7. The van der Waals surface area contributed by atoms with Crippen LogP contribution in [-0.2, 0) is 44.5 Å². The van der Waals surface area contributed by atoms with Crippen LogP contribution in [0.2, 0.25) is 0 Å². The van der Waals surface area contributed by atoms with Crippen molar-refractivity contribution in [3.63, 3.8) is 0 Å². The quantitative estimate of drug-likeness (QED) is 0.0812. The van der Waals surface area contributed by atoms with Crippen LogP contribution in [0.1, 0.15) is 43.2 Å². The molecular weight excluding hydrogens is 578 g/mol. The summed E-state index contributed by atoms with van der Waals surface area (Å²) >= 11 is 0. The van der Waals surface area contributed by atoms with Crippen molar-refractivity contribution in [3.05, 3.63) is 53.9 Å². The zero-order valence-corrected chi connectivity index (χ0v) is 25.3. The molecule has 240 valence electrons. The summed E-state index contributed by atoms with van der Waals surface area (Å²) in [5, 5.41) is 0.553. The van der Waals surface area contributed by atoms with Crippen molar-refractivity contribution in [3.8, 4) is 11.5 Å². The first-order chi connectivity index (χ1) is 21.2. The van der Waals surface area contributed by atoms with Gasteiger partial charge in [-0.2, -0.15) is 0 Å². The van der Waals surface area contributed by atoms with Crippen LogP contribution in [0.15, 0.2) is 42.6 Å². The van der Waals surface area contributed by atoms with Crippen LogP contribution in [0, 0.1) is 5.92 Å². The Morgan fingerprint density at radius 3 is 2.55 bits per heavy atom. The molecule has 0 bridgehead atoms. The van der Waals surface area contributed by atoms with Crippen LogP contribution in [0.4, 0.5) is 0 Å². The second-order valence-corrected chi connectivity index (χ2v) is 9.74. The SMILES string of the molecule is CCCO[C@H]1[C@H](C)OC(=O)[C@@H](N(N)C(=O)c2nccc(OC)c2OCOC(=O)COCC)COC(=O)[C@@H]1Cc1ccccc1. The zero-order valence-electron chi connectivity index (χ0n) is 25.3. The average Bonchev–Trinajstić information content (AvgIpc) is 3.06. The molecular formula is C30H39N3O11. The number of nitrogens with two attached hydrogens (primary N) is 1. The fourth-order valence-corrected chi connectivity index (χ4v) is 4.42. The number of carbonyl (C=O) groups is 4. The van der Waals surface area contributed by atoms with Crippen molar-refractivity contribution in [1.29, 1.82) is 0 Å². The lowest BCUT2D eigenvalue weighted by molar-refractivity contribution is -0.165. The van der Waals surface area contributed by atoms with E-state index in [0.717, 1.165) is 5.56 Å². The van der Waals surface area contributed by atoms with Crippen molar-refractivity contribution in [2.75, 3.05) is 40.3 Å². The van der Waals surface area contributed by atoms with E-state index in [0.29, 0.717) is 24.6 Å². The molecule has 0 radical (unpaired) electrons. The molecule has 1 amide bonds. The summed E-state index contributed by atoms with van der Waals surface area (Å²) in [6.45, 7) is 4.41. The Balaban J connectivity index is 1.84. The molecule has 0 saturated carbocycles. The molecule has 0 spiro atoms. The molecule has 1 aliphatic heterocycles. The molecule has 4 atom stereocenters. The number of pyridine rings is 1. The third-order valence-electron chi connectivity index (χ3n) is 6.64. The average molecular weight is 618 g/mol. The van der Waals surface area contributed by atoms with Gasteiger partial charge in [-0.25, -0.2) is 20.4 Å². The lowest BCUT2D eigenvalue weighted by Gasteiger charge is -2.29. The van der Waals surface area contributed by atoms with E-state index in [4.69, 9.17) is 39.0 Å². The van der Waals surface area contributed by atoms with Gasteiger partial charge in [-0.05, 0) is 32.3 Å². The second-order valence-electron chi connectivity index (χ2n) is 9.74. The summed E-state index contributed by atoms with van der Waals surface area (Å²) < 4.78 is 38.0. The summed E-state index contributed by atoms with van der Waals surface area (Å²) in [4.78, 5) is 56.2. The van der Waals surface area contributed by atoms with Gasteiger partial charge in [-0.15, -0.1) is 0 Å². The van der Waals surface area contributed by atoms with Gasteiger partial charge >= 0.3 is 17.9 Å². The van der Waals surface area contributed by atoms with Gasteiger partial charge < -0.3 is 33.2 Å². The standard InChI is InChI=1S/C30H39N3O11/c1-5-14-40-26-19(3)44-30(37)22(16-41-29(36)21(26)15-20-10-8-7-9-11-20)33(31)28(35)25-27(23(38-4)12-13-32-25)43-18-42-24(34)17-39-6-2/h7-13,19,21-22,26H,5-6,14-18,31H2,1-4H3/t19-,21+,22-,26-/m0/s1. The van der Waals surface area contributed by atoms with Gasteiger partial charge in [-0.3, -0.25) is 14.6 Å². The number of methoxy groups -OCH3 is 1. The molecule has 1 fully saturated rings. The Hall–Kier alpha value is -4.27. The molecule has 14 heteroatoms. The van der Waals surface area contributed by atoms with E-state index >= 15 is 0 Å². The summed E-state index contributed by atoms with van der Waals surface area (Å²) in [6, 6.07) is 9.18. The summed E-state index contributed by atoms with van der Waals surface area (Å²) in [7, 11) is 1.33. The Bertz CT molecular complexity index is 1260. The summed E-state index contributed by atoms with van der Waals surface area (Å²) in [5.41, 5.74) is 0.510. The van der Waals surface area contributed by atoms with E-state index in [-0.39, 0.29) is 30.2 Å². The molecule has 1 aromatic heterocycles.